The summed E-state index contributed by atoms with van der Waals surface area (Å²) in [5.41, 5.74) is 0.818. The van der Waals surface area contributed by atoms with Crippen LogP contribution in [-0.2, 0) is 6.21 Å². The zero-order chi connectivity index (χ0) is 10.1. The van der Waals surface area contributed by atoms with Gasteiger partial charge >= 0.3 is 86.7 Å². The molecule has 2 nitrogen and oxygen atoms in total. The summed E-state index contributed by atoms with van der Waals surface area (Å²) in [6, 6.07) is 6.93. The van der Waals surface area contributed by atoms with E-state index in [0.717, 1.165) is 5.56 Å². The summed E-state index contributed by atoms with van der Waals surface area (Å²) in [6.07, 6.45) is 0. The molecule has 72 valence electrons. The van der Waals surface area contributed by atoms with Gasteiger partial charge in [0.15, 0.2) is 0 Å². The molecule has 0 N–H and O–H groups in total. The average molecular weight is 314 g/mol. The first-order valence-corrected chi connectivity index (χ1v) is 9.81. The van der Waals surface area contributed by atoms with E-state index in [2.05, 4.69) is 0 Å². The van der Waals surface area contributed by atoms with E-state index in [1.165, 1.54) is 4.97 Å². The van der Waals surface area contributed by atoms with Crippen LogP contribution in [0.15, 0.2) is 24.3 Å². The number of hydrogen-bond donors (Lipinski definition) is 0. The minimum atomic E-state index is -4.07. The molecule has 0 aliphatic heterocycles. The van der Waals surface area contributed by atoms with Gasteiger partial charge in [-0.3, -0.25) is 0 Å². The summed E-state index contributed by atoms with van der Waals surface area (Å²) < 4.78 is 22.2. The average Bonchev–Trinajstić information content (AvgIpc) is 2.03. The van der Waals surface area contributed by atoms with Crippen molar-refractivity contribution in [1.82, 2.24) is 0 Å². The van der Waals surface area contributed by atoms with Crippen molar-refractivity contribution < 1.29 is 6.21 Å². The Labute approximate surface area is 86.5 Å². The zero-order valence-corrected chi connectivity index (χ0v) is 10.6. The first kappa shape index (κ1) is 11.0. The van der Waals surface area contributed by atoms with Crippen LogP contribution in [0.25, 0.3) is 0 Å². The molecule has 0 heterocycles. The van der Waals surface area contributed by atoms with Gasteiger partial charge in [-0.25, -0.2) is 0 Å². The van der Waals surface area contributed by atoms with Crippen LogP contribution in [0.2, 0.25) is 9.99 Å². The van der Waals surface area contributed by atoms with Crippen LogP contribution in [0.4, 0.5) is 0 Å². The first-order valence-electron chi connectivity index (χ1n) is 3.85. The van der Waals surface area contributed by atoms with Crippen molar-refractivity contribution in [2.24, 2.45) is 0 Å². The molecular formula is C9H11ClO2Te. The van der Waals surface area contributed by atoms with Crippen molar-refractivity contribution in [3.05, 3.63) is 34.9 Å². The Morgan fingerprint density at radius 3 is 2.08 bits per heavy atom. The van der Waals surface area contributed by atoms with Gasteiger partial charge in [-0.1, -0.05) is 0 Å². The van der Waals surface area contributed by atoms with Gasteiger partial charge in [-0.15, -0.1) is 0 Å². The fraction of sp³-hybridized carbons (Fsp3) is 0.333. The van der Waals surface area contributed by atoms with Crippen molar-refractivity contribution in [3.63, 3.8) is 0 Å². The van der Waals surface area contributed by atoms with E-state index in [0.29, 0.717) is 5.02 Å². The van der Waals surface area contributed by atoms with Crippen LogP contribution in [0.5, 0.6) is 0 Å². The summed E-state index contributed by atoms with van der Waals surface area (Å²) >= 11 is 1.62. The fourth-order valence-corrected chi connectivity index (χ4v) is 2.97. The molecule has 1 unspecified atom stereocenters. The summed E-state index contributed by atoms with van der Waals surface area (Å²) in [7, 11) is 0. The van der Waals surface area contributed by atoms with Crippen LogP contribution in [0.1, 0.15) is 16.5 Å². The van der Waals surface area contributed by atoms with Crippen molar-refractivity contribution in [2.45, 2.75) is 15.9 Å². The van der Waals surface area contributed by atoms with Crippen LogP contribution in [0, 0.1) is 0 Å². The monoisotopic (exact) mass is 316 g/mol. The van der Waals surface area contributed by atoms with Crippen molar-refractivity contribution in [1.29, 1.82) is 0 Å². The van der Waals surface area contributed by atoms with Gasteiger partial charge in [0.1, 0.15) is 0 Å². The summed E-state index contributed by atoms with van der Waals surface area (Å²) in [4.78, 5) is 1.34. The Kier molecular flexibility index (Phi) is 3.34. The second-order valence-corrected chi connectivity index (χ2v) is 10.2. The second-order valence-electron chi connectivity index (χ2n) is 3.02. The predicted molar refractivity (Wildman–Crippen MR) is 52.9 cm³/mol. The Balaban J connectivity index is 3.04. The maximum absolute atomic E-state index is 11.3. The molecule has 1 atom stereocenters. The van der Waals surface area contributed by atoms with Gasteiger partial charge in [-0.05, 0) is 0 Å². The summed E-state index contributed by atoms with van der Waals surface area (Å²) in [5, 5.41) is 0.627. The number of halogens is 1. The number of benzene rings is 1. The second kappa shape index (κ2) is 3.96. The van der Waals surface area contributed by atoms with E-state index >= 15 is 0 Å². The van der Waals surface area contributed by atoms with Crippen LogP contribution in [0.3, 0.4) is 0 Å². The standard InChI is InChI=1S/C9H11ClO2Te/c1-7(13(2,11)12)8-3-5-9(10)6-4-8/h3-7H,1-2H3. The Hall–Kier alpha value is -0.100. The van der Waals surface area contributed by atoms with Gasteiger partial charge in [0.25, 0.3) is 0 Å². The first-order chi connectivity index (χ1) is 5.91. The minimum absolute atomic E-state index is 0.361. The van der Waals surface area contributed by atoms with Crippen molar-refractivity contribution >= 4 is 29.7 Å². The summed E-state index contributed by atoms with van der Waals surface area (Å²) in [6.45, 7) is 1.71. The predicted octanol–water partition coefficient (Wildman–Crippen LogP) is 2.92. The van der Waals surface area contributed by atoms with Gasteiger partial charge in [0.05, 0.1) is 0 Å². The van der Waals surface area contributed by atoms with Crippen LogP contribution < -0.4 is 0 Å². The Morgan fingerprint density at radius 2 is 1.69 bits per heavy atom. The van der Waals surface area contributed by atoms with Crippen LogP contribution >= 0.6 is 11.6 Å². The van der Waals surface area contributed by atoms with E-state index < -0.39 is 18.1 Å². The SMILES string of the molecule is CC(c1ccc(Cl)cc1)[Te](C)(=O)=O. The molecule has 0 radical (unpaired) electrons. The molecule has 0 aliphatic carbocycles. The van der Waals surface area contributed by atoms with Gasteiger partial charge in [0.2, 0.25) is 0 Å². The van der Waals surface area contributed by atoms with E-state index in [4.69, 9.17) is 11.6 Å². The number of rotatable bonds is 2. The molecule has 13 heavy (non-hydrogen) atoms. The van der Waals surface area contributed by atoms with Crippen molar-refractivity contribution in [2.75, 3.05) is 0 Å². The molecule has 1 rings (SSSR count). The summed E-state index contributed by atoms with van der Waals surface area (Å²) in [5.74, 6) is 0. The molecule has 1 aromatic rings. The topological polar surface area (TPSA) is 34.1 Å². The molecule has 0 spiro atoms. The number of hydrogen-bond acceptors (Lipinski definition) is 2. The molecule has 0 fully saturated rings. The van der Waals surface area contributed by atoms with E-state index in [9.17, 15) is 6.21 Å². The molecule has 0 bridgehead atoms. The normalized spacial score (nSPS) is 14.1. The third kappa shape index (κ3) is 2.94. The third-order valence-electron chi connectivity index (χ3n) is 1.98. The molecular weight excluding hydrogens is 303 g/mol. The molecule has 4 heteroatoms. The zero-order valence-electron chi connectivity index (χ0n) is 7.49. The molecule has 0 aliphatic rings. The third-order valence-corrected chi connectivity index (χ3v) is 6.68. The molecule has 0 aromatic heterocycles. The van der Waals surface area contributed by atoms with E-state index in [-0.39, 0.29) is 3.97 Å². The molecule has 0 amide bonds. The van der Waals surface area contributed by atoms with Gasteiger partial charge in [-0.2, -0.15) is 0 Å². The maximum atomic E-state index is 11.3. The van der Waals surface area contributed by atoms with Gasteiger partial charge < -0.3 is 0 Å². The Morgan fingerprint density at radius 1 is 1.23 bits per heavy atom. The molecule has 0 saturated carbocycles. The van der Waals surface area contributed by atoms with Gasteiger partial charge in [0, 0.05) is 0 Å². The Bertz CT molecular complexity index is 381. The quantitative estimate of drug-likeness (QED) is 0.787. The van der Waals surface area contributed by atoms with Crippen molar-refractivity contribution in [3.8, 4) is 0 Å². The van der Waals surface area contributed by atoms with E-state index in [1.54, 1.807) is 31.2 Å². The fourth-order valence-electron chi connectivity index (χ4n) is 0.981. The molecule has 1 aromatic carbocycles. The van der Waals surface area contributed by atoms with E-state index in [1.807, 2.05) is 0 Å². The van der Waals surface area contributed by atoms with Crippen LogP contribution in [-0.4, -0.2) is 18.1 Å². The molecule has 0 saturated heterocycles.